The van der Waals surface area contributed by atoms with Gasteiger partial charge in [0.2, 0.25) is 0 Å². The molecule has 5 unspecified atom stereocenters. The molecule has 16 heavy (non-hydrogen) atoms. The van der Waals surface area contributed by atoms with Gasteiger partial charge < -0.3 is 10.4 Å². The molecular formula is C14H27NO. The van der Waals surface area contributed by atoms with Gasteiger partial charge in [0.05, 0.1) is 0 Å². The van der Waals surface area contributed by atoms with Gasteiger partial charge in [-0.25, -0.2) is 0 Å². The SMILES string of the molecule is CC1CCC(C)C(NC2CCCC2CO)C1. The molecule has 0 aliphatic heterocycles. The molecule has 2 rings (SSSR count). The highest BCUT2D eigenvalue weighted by Gasteiger charge is 2.32. The molecule has 0 radical (unpaired) electrons. The minimum absolute atomic E-state index is 0.369. The molecule has 2 N–H and O–H groups in total. The van der Waals surface area contributed by atoms with Crippen molar-refractivity contribution >= 4 is 0 Å². The summed E-state index contributed by atoms with van der Waals surface area (Å²) in [5.41, 5.74) is 0. The molecule has 2 aliphatic carbocycles. The van der Waals surface area contributed by atoms with Crippen LogP contribution in [-0.2, 0) is 0 Å². The van der Waals surface area contributed by atoms with Crippen LogP contribution >= 0.6 is 0 Å². The van der Waals surface area contributed by atoms with Crippen molar-refractivity contribution in [3.63, 3.8) is 0 Å². The molecule has 5 atom stereocenters. The second-order valence-corrected chi connectivity index (χ2v) is 6.15. The maximum atomic E-state index is 9.34. The van der Waals surface area contributed by atoms with Gasteiger partial charge in [-0.2, -0.15) is 0 Å². The fraction of sp³-hybridized carbons (Fsp3) is 1.00. The lowest BCUT2D eigenvalue weighted by Gasteiger charge is -2.36. The normalized spacial score (nSPS) is 44.8. The average molecular weight is 225 g/mol. The van der Waals surface area contributed by atoms with Gasteiger partial charge in [-0.15, -0.1) is 0 Å². The number of hydrogen-bond donors (Lipinski definition) is 2. The van der Waals surface area contributed by atoms with Gasteiger partial charge >= 0.3 is 0 Å². The van der Waals surface area contributed by atoms with Crippen molar-refractivity contribution < 1.29 is 5.11 Å². The topological polar surface area (TPSA) is 32.3 Å². The highest BCUT2D eigenvalue weighted by molar-refractivity contribution is 4.89. The minimum Gasteiger partial charge on any atom is -0.396 e. The zero-order valence-electron chi connectivity index (χ0n) is 10.8. The Hall–Kier alpha value is -0.0800. The zero-order chi connectivity index (χ0) is 11.5. The van der Waals surface area contributed by atoms with E-state index >= 15 is 0 Å². The highest BCUT2D eigenvalue weighted by Crippen LogP contribution is 2.32. The van der Waals surface area contributed by atoms with Crippen LogP contribution in [0.3, 0.4) is 0 Å². The molecule has 2 aliphatic rings. The van der Waals surface area contributed by atoms with Crippen LogP contribution in [-0.4, -0.2) is 23.8 Å². The van der Waals surface area contributed by atoms with Crippen molar-refractivity contribution in [1.29, 1.82) is 0 Å². The summed E-state index contributed by atoms with van der Waals surface area (Å²) in [5, 5.41) is 13.2. The zero-order valence-corrected chi connectivity index (χ0v) is 10.8. The van der Waals surface area contributed by atoms with Crippen LogP contribution in [0.25, 0.3) is 0 Å². The smallest absolute Gasteiger partial charge is 0.0474 e. The van der Waals surface area contributed by atoms with E-state index in [9.17, 15) is 5.11 Å². The third kappa shape index (κ3) is 2.78. The van der Waals surface area contributed by atoms with E-state index < -0.39 is 0 Å². The van der Waals surface area contributed by atoms with Gasteiger partial charge in [0.1, 0.15) is 0 Å². The molecule has 0 saturated heterocycles. The van der Waals surface area contributed by atoms with E-state index in [0.29, 0.717) is 24.6 Å². The molecule has 2 fully saturated rings. The van der Waals surface area contributed by atoms with E-state index in [-0.39, 0.29) is 0 Å². The molecule has 94 valence electrons. The van der Waals surface area contributed by atoms with Gasteiger partial charge in [-0.1, -0.05) is 26.7 Å². The van der Waals surface area contributed by atoms with Gasteiger partial charge in [0.25, 0.3) is 0 Å². The summed E-state index contributed by atoms with van der Waals surface area (Å²) in [6.07, 6.45) is 7.87. The molecule has 0 heterocycles. The Morgan fingerprint density at radius 2 is 1.88 bits per heavy atom. The van der Waals surface area contributed by atoms with Gasteiger partial charge in [-0.3, -0.25) is 0 Å². The molecule has 0 amide bonds. The average Bonchev–Trinajstić information content (AvgIpc) is 2.71. The first kappa shape index (κ1) is 12.4. The van der Waals surface area contributed by atoms with E-state index in [1.54, 1.807) is 0 Å². The first-order valence-electron chi connectivity index (χ1n) is 7.07. The van der Waals surface area contributed by atoms with Crippen LogP contribution in [0, 0.1) is 17.8 Å². The molecule has 0 spiro atoms. The summed E-state index contributed by atoms with van der Waals surface area (Å²) in [5.74, 6) is 2.21. The van der Waals surface area contributed by atoms with Crippen molar-refractivity contribution in [2.75, 3.05) is 6.61 Å². The number of aliphatic hydroxyl groups excluding tert-OH is 1. The Morgan fingerprint density at radius 3 is 2.62 bits per heavy atom. The van der Waals surface area contributed by atoms with Gasteiger partial charge in [-0.05, 0) is 43.4 Å². The van der Waals surface area contributed by atoms with Crippen molar-refractivity contribution in [2.24, 2.45) is 17.8 Å². The Morgan fingerprint density at radius 1 is 1.06 bits per heavy atom. The lowest BCUT2D eigenvalue weighted by atomic mass is 9.79. The summed E-state index contributed by atoms with van der Waals surface area (Å²) in [7, 11) is 0. The standard InChI is InChI=1S/C14H27NO/c1-10-6-7-11(2)14(8-10)15-13-5-3-4-12(13)9-16/h10-16H,3-9H2,1-2H3. The Bertz CT molecular complexity index is 219. The van der Waals surface area contributed by atoms with Crippen LogP contribution in [0.4, 0.5) is 0 Å². The Kier molecular flexibility index (Phi) is 4.26. The van der Waals surface area contributed by atoms with Crippen molar-refractivity contribution in [2.45, 2.75) is 64.5 Å². The van der Waals surface area contributed by atoms with Gasteiger partial charge in [0, 0.05) is 18.7 Å². The summed E-state index contributed by atoms with van der Waals surface area (Å²) < 4.78 is 0. The first-order valence-corrected chi connectivity index (χ1v) is 7.07. The van der Waals surface area contributed by atoms with E-state index in [1.807, 2.05) is 0 Å². The molecule has 0 aromatic carbocycles. The predicted octanol–water partition coefficient (Wildman–Crippen LogP) is 2.56. The van der Waals surface area contributed by atoms with Crippen LogP contribution in [0.15, 0.2) is 0 Å². The third-order valence-electron chi connectivity index (χ3n) is 4.78. The van der Waals surface area contributed by atoms with Crippen molar-refractivity contribution in [1.82, 2.24) is 5.32 Å². The van der Waals surface area contributed by atoms with Gasteiger partial charge in [0.15, 0.2) is 0 Å². The summed E-state index contributed by atoms with van der Waals surface area (Å²) in [4.78, 5) is 0. The third-order valence-corrected chi connectivity index (χ3v) is 4.78. The predicted molar refractivity (Wildman–Crippen MR) is 67.3 cm³/mol. The summed E-state index contributed by atoms with van der Waals surface area (Å²) >= 11 is 0. The summed E-state index contributed by atoms with van der Waals surface area (Å²) in [6, 6.07) is 1.28. The van der Waals surface area contributed by atoms with E-state index in [1.165, 1.54) is 38.5 Å². The second kappa shape index (κ2) is 5.50. The van der Waals surface area contributed by atoms with Crippen LogP contribution in [0.1, 0.15) is 52.4 Å². The van der Waals surface area contributed by atoms with E-state index in [2.05, 4.69) is 19.2 Å². The number of hydrogen-bond acceptors (Lipinski definition) is 2. The van der Waals surface area contributed by atoms with Crippen molar-refractivity contribution in [3.8, 4) is 0 Å². The molecule has 2 heteroatoms. The van der Waals surface area contributed by atoms with E-state index in [4.69, 9.17) is 0 Å². The van der Waals surface area contributed by atoms with Crippen LogP contribution in [0.2, 0.25) is 0 Å². The van der Waals surface area contributed by atoms with Crippen LogP contribution in [0.5, 0.6) is 0 Å². The van der Waals surface area contributed by atoms with Crippen LogP contribution < -0.4 is 5.32 Å². The largest absolute Gasteiger partial charge is 0.396 e. The number of nitrogens with one attached hydrogen (secondary N) is 1. The fourth-order valence-electron chi connectivity index (χ4n) is 3.51. The quantitative estimate of drug-likeness (QED) is 0.773. The molecule has 0 aromatic heterocycles. The summed E-state index contributed by atoms with van der Waals surface area (Å²) in [6.45, 7) is 5.12. The monoisotopic (exact) mass is 225 g/mol. The molecular weight excluding hydrogens is 198 g/mol. The second-order valence-electron chi connectivity index (χ2n) is 6.15. The first-order chi connectivity index (χ1) is 7.70. The lowest BCUT2D eigenvalue weighted by molar-refractivity contribution is 0.166. The highest BCUT2D eigenvalue weighted by atomic mass is 16.3. The molecule has 2 saturated carbocycles. The maximum Gasteiger partial charge on any atom is 0.0474 e. The number of rotatable bonds is 3. The fourth-order valence-corrected chi connectivity index (χ4v) is 3.51. The van der Waals surface area contributed by atoms with E-state index in [0.717, 1.165) is 11.8 Å². The molecule has 0 aromatic rings. The maximum absolute atomic E-state index is 9.34. The van der Waals surface area contributed by atoms with Crippen molar-refractivity contribution in [3.05, 3.63) is 0 Å². The minimum atomic E-state index is 0.369. The number of aliphatic hydroxyl groups is 1. The molecule has 2 nitrogen and oxygen atoms in total. The lowest BCUT2D eigenvalue weighted by Crippen LogP contribution is -2.46. The Balaban J connectivity index is 1.87. The Labute approximate surface area is 99.8 Å². The molecule has 0 bridgehead atoms.